The van der Waals surface area contributed by atoms with Crippen molar-refractivity contribution in [1.82, 2.24) is 10.2 Å². The number of nitrogens with one attached hydrogen (secondary N) is 1. The second-order valence-electron chi connectivity index (χ2n) is 3.76. The molecule has 1 aliphatic heterocycles. The second-order valence-corrected chi connectivity index (χ2v) is 5.53. The molecule has 15 heavy (non-hydrogen) atoms. The largest absolute Gasteiger partial charge is 0.314 e. The summed E-state index contributed by atoms with van der Waals surface area (Å²) in [6, 6.07) is 6.35. The summed E-state index contributed by atoms with van der Waals surface area (Å²) < 4.78 is 2.35. The van der Waals surface area contributed by atoms with E-state index in [2.05, 4.69) is 60.3 Å². The van der Waals surface area contributed by atoms with Gasteiger partial charge in [-0.05, 0) is 23.8 Å². The average Bonchev–Trinajstić information content (AvgIpc) is 2.25. The van der Waals surface area contributed by atoms with Gasteiger partial charge in [-0.25, -0.2) is 0 Å². The van der Waals surface area contributed by atoms with Gasteiger partial charge in [0.1, 0.15) is 0 Å². The van der Waals surface area contributed by atoms with Crippen molar-refractivity contribution in [3.8, 4) is 0 Å². The van der Waals surface area contributed by atoms with E-state index in [0.717, 1.165) is 37.2 Å². The van der Waals surface area contributed by atoms with Crippen LogP contribution in [0.5, 0.6) is 0 Å². The molecule has 1 saturated heterocycles. The zero-order chi connectivity index (χ0) is 10.7. The van der Waals surface area contributed by atoms with Crippen LogP contribution in [0.4, 0.5) is 0 Å². The third kappa shape index (κ3) is 3.28. The van der Waals surface area contributed by atoms with E-state index in [9.17, 15) is 0 Å². The summed E-state index contributed by atoms with van der Waals surface area (Å²) in [5.41, 5.74) is 1.35. The Hall–Kier alpha value is 0.1000. The minimum absolute atomic E-state index is 1.03. The molecule has 82 valence electrons. The highest BCUT2D eigenvalue weighted by atomic mass is 79.9. The maximum Gasteiger partial charge on any atom is 0.0246 e. The molecule has 1 heterocycles. The highest BCUT2D eigenvalue weighted by Gasteiger charge is 2.11. The van der Waals surface area contributed by atoms with Gasteiger partial charge in [0.15, 0.2) is 0 Å². The highest BCUT2D eigenvalue weighted by molar-refractivity contribution is 9.11. The van der Waals surface area contributed by atoms with Crippen LogP contribution < -0.4 is 5.32 Å². The van der Waals surface area contributed by atoms with Gasteiger partial charge < -0.3 is 5.32 Å². The van der Waals surface area contributed by atoms with Gasteiger partial charge in [0.2, 0.25) is 0 Å². The summed E-state index contributed by atoms with van der Waals surface area (Å²) in [7, 11) is 0. The monoisotopic (exact) mass is 332 g/mol. The van der Waals surface area contributed by atoms with Gasteiger partial charge in [0.05, 0.1) is 0 Å². The molecule has 1 aliphatic rings. The smallest absolute Gasteiger partial charge is 0.0246 e. The predicted octanol–water partition coefficient (Wildman–Crippen LogP) is 2.62. The van der Waals surface area contributed by atoms with E-state index in [1.165, 1.54) is 10.0 Å². The summed E-state index contributed by atoms with van der Waals surface area (Å²) in [5.74, 6) is 0. The number of halogens is 2. The van der Waals surface area contributed by atoms with Crippen LogP contribution in [0.3, 0.4) is 0 Å². The predicted molar refractivity (Wildman–Crippen MR) is 70.0 cm³/mol. The third-order valence-corrected chi connectivity index (χ3v) is 3.88. The van der Waals surface area contributed by atoms with Crippen molar-refractivity contribution in [3.63, 3.8) is 0 Å². The Morgan fingerprint density at radius 3 is 2.67 bits per heavy atom. The number of piperazine rings is 1. The Morgan fingerprint density at radius 1 is 1.20 bits per heavy atom. The molecule has 0 radical (unpaired) electrons. The molecule has 0 bridgehead atoms. The summed E-state index contributed by atoms with van der Waals surface area (Å²) in [6.45, 7) is 5.51. The molecule has 0 amide bonds. The van der Waals surface area contributed by atoms with Crippen molar-refractivity contribution in [1.29, 1.82) is 0 Å². The first-order chi connectivity index (χ1) is 7.25. The SMILES string of the molecule is Brc1ccc(Br)c(CN2CCNCC2)c1. The fourth-order valence-corrected chi connectivity index (χ4v) is 2.56. The summed E-state index contributed by atoms with van der Waals surface area (Å²) >= 11 is 7.10. The summed E-state index contributed by atoms with van der Waals surface area (Å²) in [5, 5.41) is 3.36. The fraction of sp³-hybridized carbons (Fsp3) is 0.455. The van der Waals surface area contributed by atoms with Crippen molar-refractivity contribution < 1.29 is 0 Å². The lowest BCUT2D eigenvalue weighted by Crippen LogP contribution is -2.42. The molecular formula is C11H14Br2N2. The zero-order valence-electron chi connectivity index (χ0n) is 8.47. The Bertz CT molecular complexity index is 335. The lowest BCUT2D eigenvalue weighted by Gasteiger charge is -2.27. The maximum atomic E-state index is 3.59. The molecule has 0 aromatic heterocycles. The van der Waals surface area contributed by atoms with Gasteiger partial charge in [-0.2, -0.15) is 0 Å². The first-order valence-corrected chi connectivity index (χ1v) is 6.71. The van der Waals surface area contributed by atoms with E-state index in [1.54, 1.807) is 0 Å². The van der Waals surface area contributed by atoms with Crippen LogP contribution in [-0.2, 0) is 6.54 Å². The van der Waals surface area contributed by atoms with E-state index in [0.29, 0.717) is 0 Å². The number of nitrogens with zero attached hydrogens (tertiary/aromatic N) is 1. The molecule has 0 spiro atoms. The van der Waals surface area contributed by atoms with E-state index in [1.807, 2.05) is 0 Å². The van der Waals surface area contributed by atoms with Gasteiger partial charge in [-0.3, -0.25) is 4.90 Å². The van der Waals surface area contributed by atoms with Gasteiger partial charge in [-0.1, -0.05) is 31.9 Å². The first kappa shape index (κ1) is 11.6. The maximum absolute atomic E-state index is 3.59. The van der Waals surface area contributed by atoms with E-state index >= 15 is 0 Å². The molecule has 2 rings (SSSR count). The molecule has 0 unspecified atom stereocenters. The van der Waals surface area contributed by atoms with Crippen LogP contribution >= 0.6 is 31.9 Å². The van der Waals surface area contributed by atoms with Crippen LogP contribution in [0.1, 0.15) is 5.56 Å². The zero-order valence-corrected chi connectivity index (χ0v) is 11.6. The highest BCUT2D eigenvalue weighted by Crippen LogP contribution is 2.22. The number of hydrogen-bond acceptors (Lipinski definition) is 2. The number of hydrogen-bond donors (Lipinski definition) is 1. The number of benzene rings is 1. The fourth-order valence-electron chi connectivity index (χ4n) is 1.77. The van der Waals surface area contributed by atoms with Crippen molar-refractivity contribution in [2.24, 2.45) is 0 Å². The quantitative estimate of drug-likeness (QED) is 0.895. The Kier molecular flexibility index (Phi) is 4.20. The van der Waals surface area contributed by atoms with E-state index in [-0.39, 0.29) is 0 Å². The van der Waals surface area contributed by atoms with Crippen molar-refractivity contribution in [2.45, 2.75) is 6.54 Å². The third-order valence-electron chi connectivity index (χ3n) is 2.61. The van der Waals surface area contributed by atoms with Crippen LogP contribution in [0.25, 0.3) is 0 Å². The van der Waals surface area contributed by atoms with E-state index in [4.69, 9.17) is 0 Å². The average molecular weight is 334 g/mol. The molecule has 1 aromatic carbocycles. The Labute approximate surface area is 107 Å². The minimum atomic E-state index is 1.03. The molecule has 1 fully saturated rings. The van der Waals surface area contributed by atoms with Gasteiger partial charge in [-0.15, -0.1) is 0 Å². The lowest BCUT2D eigenvalue weighted by atomic mass is 10.2. The Balaban J connectivity index is 2.05. The molecular weight excluding hydrogens is 320 g/mol. The molecule has 4 heteroatoms. The van der Waals surface area contributed by atoms with Crippen LogP contribution in [0, 0.1) is 0 Å². The second kappa shape index (κ2) is 5.43. The molecule has 1 N–H and O–H groups in total. The summed E-state index contributed by atoms with van der Waals surface area (Å²) in [6.07, 6.45) is 0. The molecule has 0 aliphatic carbocycles. The van der Waals surface area contributed by atoms with Crippen LogP contribution in [0.2, 0.25) is 0 Å². The molecule has 0 saturated carbocycles. The van der Waals surface area contributed by atoms with Gasteiger partial charge in [0.25, 0.3) is 0 Å². The lowest BCUT2D eigenvalue weighted by molar-refractivity contribution is 0.233. The van der Waals surface area contributed by atoms with E-state index < -0.39 is 0 Å². The van der Waals surface area contributed by atoms with Crippen LogP contribution in [0.15, 0.2) is 27.1 Å². The number of rotatable bonds is 2. The van der Waals surface area contributed by atoms with Gasteiger partial charge >= 0.3 is 0 Å². The molecule has 1 aromatic rings. The Morgan fingerprint density at radius 2 is 1.93 bits per heavy atom. The normalized spacial score (nSPS) is 18.0. The summed E-state index contributed by atoms with van der Waals surface area (Å²) in [4.78, 5) is 2.48. The van der Waals surface area contributed by atoms with Crippen LogP contribution in [-0.4, -0.2) is 31.1 Å². The minimum Gasteiger partial charge on any atom is -0.314 e. The topological polar surface area (TPSA) is 15.3 Å². The van der Waals surface area contributed by atoms with Crippen molar-refractivity contribution >= 4 is 31.9 Å². The molecule has 0 atom stereocenters. The first-order valence-electron chi connectivity index (χ1n) is 5.13. The molecule has 2 nitrogen and oxygen atoms in total. The standard InChI is InChI=1S/C11H14Br2N2/c12-10-1-2-11(13)9(7-10)8-15-5-3-14-4-6-15/h1-2,7,14H,3-6,8H2. The van der Waals surface area contributed by atoms with Crippen molar-refractivity contribution in [2.75, 3.05) is 26.2 Å². The van der Waals surface area contributed by atoms with Gasteiger partial charge in [0, 0.05) is 41.7 Å². The van der Waals surface area contributed by atoms with Crippen molar-refractivity contribution in [3.05, 3.63) is 32.7 Å².